The van der Waals surface area contributed by atoms with Gasteiger partial charge in [0.15, 0.2) is 11.6 Å². The SMILES string of the molecule is C.C.C.C.CNC(CCC(=O)NCCOCCOCC(C)=O)C(=O)O.CNC(CCC(=O)NCCOCCOCCOCCOCCOCCOCCOCCOCCC(C)=O)C(=O)O.CNC(CCC(C)=O)C(=O)O.CNCCOCCOCC(=O)NC(CCC(C)=O)C(=O)O.CNCCOCCOCC(C)=O.CNCCOCCOCCOCCOCCOCCOCCOCCOCCC(C)=O.CNS(=O)(=O)CC(C)=O. The van der Waals surface area contributed by atoms with Crippen molar-refractivity contribution in [3.63, 3.8) is 0 Å². The first kappa shape index (κ1) is 164. The second-order valence-electron chi connectivity index (χ2n) is 30.3. The average Bonchev–Trinajstić information content (AvgIpc) is 1.00. The Kier molecular flexibility index (Phi) is 145. The number of likely N-dealkylation sites (N-methyl/N-ethyl adjacent to an activating group) is 6. The topological polar surface area (TPSA) is 677 Å². The van der Waals surface area contributed by atoms with Gasteiger partial charge >= 0.3 is 23.9 Å². The van der Waals surface area contributed by atoms with Crippen LogP contribution < -0.4 is 52.6 Å². The summed E-state index contributed by atoms with van der Waals surface area (Å²) in [5.74, 6) is -5.60. The van der Waals surface area contributed by atoms with Crippen LogP contribution in [0.15, 0.2) is 0 Å². The van der Waals surface area contributed by atoms with E-state index in [1.54, 1.807) is 28.1 Å². The third-order valence-corrected chi connectivity index (χ3v) is 18.6. The standard InChI is InChI=1S/C26H50N2O12.C21H43NO9.2C13H24N2O6.C8H17NO3.C7H13NO3.C4H9NO3S.4CH4/c1-23(29)5-7-33-9-11-35-13-15-37-17-19-39-21-22-40-20-18-38-16-14-36-12-10-34-8-6-28-25(30)4-3-24(27-2)26(31)32;1-21(23)3-5-24-7-9-26-11-13-28-15-17-30-19-20-31-18-16-29-14-12-27-10-8-25-6-4-22-2;1-10(16)9-21-8-7-20-6-5-15-12(17)4-3-11(14-2)13(18)19;1-10(16)3-4-11(13(18)19)15-12(17)9-21-8-7-20-6-5-14-2;1-8(10)7-12-6-5-11-4-3-9-2;1-5(9)3-4-6(8-2)7(10)11;1-4(6)3-9(7,8)5-2;;;;/h24,27H,3-22H2,1-2H3,(H,28,30)(H,31,32);22H,3-20H2,1-2H3;2*11,14H,3-9H2,1-2H3,(H,15,17)(H,18,19);9H,3-7H2,1-2H3;6,8H,3-4H2,1-2H3,(H,10,11);5H,3H2,1-2H3;4*1H4. The van der Waals surface area contributed by atoms with Crippen molar-refractivity contribution in [2.75, 3.05) is 379 Å². The van der Waals surface area contributed by atoms with Gasteiger partial charge in [0.1, 0.15) is 78.7 Å². The number of nitrogens with one attached hydrogen (secondary N) is 10. The molecule has 888 valence electrons. The third kappa shape index (κ3) is 151. The molecule has 4 atom stereocenters. The summed E-state index contributed by atoms with van der Waals surface area (Å²) < 4.78 is 140. The van der Waals surface area contributed by atoms with E-state index in [0.29, 0.717) is 303 Å². The number of carboxylic acid groups (broad SMARTS) is 4. The molecule has 52 nitrogen and oxygen atoms in total. The molecule has 0 aliphatic heterocycles. The number of sulfonamides is 1. The number of amides is 3. The van der Waals surface area contributed by atoms with Crippen molar-refractivity contribution in [1.82, 2.24) is 52.6 Å². The number of aliphatic carboxylic acids is 4. The second-order valence-corrected chi connectivity index (χ2v) is 32.3. The number of rotatable bonds is 101. The Hall–Kier alpha value is -7.23. The first-order valence-corrected chi connectivity index (χ1v) is 49.9. The fourth-order valence-electron chi connectivity index (χ4n) is 9.45. The van der Waals surface area contributed by atoms with Gasteiger partial charge in [0, 0.05) is 71.2 Å². The molecular formula is C96H196N10O42S. The lowest BCUT2D eigenvalue weighted by Crippen LogP contribution is -2.42. The smallest absolute Gasteiger partial charge is 0.326 e. The van der Waals surface area contributed by atoms with Gasteiger partial charge in [-0.15, -0.1) is 0 Å². The molecule has 4 unspecified atom stereocenters. The molecule has 0 aromatic carbocycles. The molecule has 0 fully saturated rings. The van der Waals surface area contributed by atoms with Gasteiger partial charge < -0.3 is 182 Å². The monoisotopic (exact) mass is 2190 g/mol. The number of hydrogen-bond donors (Lipinski definition) is 14. The Morgan fingerprint density at radius 2 is 0.403 bits per heavy atom. The van der Waals surface area contributed by atoms with Crippen molar-refractivity contribution in [3.05, 3.63) is 0 Å². The van der Waals surface area contributed by atoms with Crippen LogP contribution >= 0.6 is 0 Å². The van der Waals surface area contributed by atoms with Gasteiger partial charge in [0.2, 0.25) is 27.7 Å². The van der Waals surface area contributed by atoms with E-state index in [1.165, 1.54) is 48.6 Å². The van der Waals surface area contributed by atoms with E-state index in [0.717, 1.165) is 19.6 Å². The lowest BCUT2D eigenvalue weighted by Gasteiger charge is -2.13. The van der Waals surface area contributed by atoms with Gasteiger partial charge in [-0.3, -0.25) is 52.7 Å². The van der Waals surface area contributed by atoms with Crippen LogP contribution in [0, 0.1) is 0 Å². The van der Waals surface area contributed by atoms with E-state index >= 15 is 0 Å². The summed E-state index contributed by atoms with van der Waals surface area (Å²) in [6.45, 7) is 33.0. The number of carbonyl (C=O) groups is 14. The normalized spacial score (nSPS) is 11.3. The molecule has 0 aromatic heterocycles. The highest BCUT2D eigenvalue weighted by molar-refractivity contribution is 7.90. The van der Waals surface area contributed by atoms with Crippen molar-refractivity contribution in [1.29, 1.82) is 0 Å². The zero-order valence-corrected chi connectivity index (χ0v) is 89.3. The predicted octanol–water partition coefficient (Wildman–Crippen LogP) is -0.135. The van der Waals surface area contributed by atoms with Gasteiger partial charge in [-0.05, 0) is 123 Å². The summed E-state index contributed by atoms with van der Waals surface area (Å²) >= 11 is 0. The van der Waals surface area contributed by atoms with E-state index in [4.69, 9.17) is 125 Å². The molecule has 0 saturated heterocycles. The lowest BCUT2D eigenvalue weighted by molar-refractivity contribution is -0.143. The summed E-state index contributed by atoms with van der Waals surface area (Å²) in [6, 6.07) is -3.12. The lowest BCUT2D eigenvalue weighted by atomic mass is 10.1. The molecule has 53 heteroatoms. The maximum Gasteiger partial charge on any atom is 0.326 e. The highest BCUT2D eigenvalue weighted by atomic mass is 32.2. The average molecular weight is 2190 g/mol. The number of hydrogen-bond acceptors (Lipinski definition) is 44. The maximum absolute atomic E-state index is 11.7. The molecule has 3 amide bonds. The molecule has 0 aromatic rings. The summed E-state index contributed by atoms with van der Waals surface area (Å²) in [4.78, 5) is 151. The van der Waals surface area contributed by atoms with Crippen molar-refractivity contribution in [2.24, 2.45) is 0 Å². The summed E-state index contributed by atoms with van der Waals surface area (Å²) in [7, 11) is 8.19. The molecule has 149 heavy (non-hydrogen) atoms. The minimum Gasteiger partial charge on any atom is -0.480 e. The molecule has 0 rings (SSSR count). The van der Waals surface area contributed by atoms with Crippen LogP contribution in [0.3, 0.4) is 0 Å². The van der Waals surface area contributed by atoms with Crippen molar-refractivity contribution >= 4 is 92.1 Å². The Balaban J connectivity index is -0.000000174. The maximum atomic E-state index is 11.7. The van der Waals surface area contributed by atoms with Gasteiger partial charge in [0.25, 0.3) is 0 Å². The molecule has 0 saturated carbocycles. The van der Waals surface area contributed by atoms with Crippen molar-refractivity contribution < 1.29 is 200 Å². The Bertz CT molecular complexity index is 3210. The summed E-state index contributed by atoms with van der Waals surface area (Å²) in [5, 5.41) is 59.5. The molecule has 0 bridgehead atoms. The van der Waals surface area contributed by atoms with E-state index < -0.39 is 69.7 Å². The summed E-state index contributed by atoms with van der Waals surface area (Å²) in [5.41, 5.74) is 0. The first-order chi connectivity index (χ1) is 69.5. The number of carbonyl (C=O) groups excluding carboxylic acids is 10. The van der Waals surface area contributed by atoms with Crippen LogP contribution in [-0.2, 0) is 181 Å². The molecule has 14 N–H and O–H groups in total. The highest BCUT2D eigenvalue weighted by Gasteiger charge is 2.22. The first-order valence-electron chi connectivity index (χ1n) is 48.3. The minimum absolute atomic E-state index is 0. The van der Waals surface area contributed by atoms with Crippen molar-refractivity contribution in [3.8, 4) is 0 Å². The van der Waals surface area contributed by atoms with Crippen LogP contribution in [0.25, 0.3) is 0 Å². The van der Waals surface area contributed by atoms with Crippen LogP contribution in [-0.4, -0.2) is 514 Å². The highest BCUT2D eigenvalue weighted by Crippen LogP contribution is 2.03. The van der Waals surface area contributed by atoms with E-state index in [2.05, 4.69) is 47.9 Å². The third-order valence-electron chi connectivity index (χ3n) is 17.2. The van der Waals surface area contributed by atoms with E-state index in [-0.39, 0.29) is 147 Å². The Morgan fingerprint density at radius 1 is 0.215 bits per heavy atom. The van der Waals surface area contributed by atoms with E-state index in [9.17, 15) is 75.5 Å². The molecule has 0 aliphatic carbocycles. The summed E-state index contributed by atoms with van der Waals surface area (Å²) in [6.07, 6.45) is 2.48. The predicted molar refractivity (Wildman–Crippen MR) is 558 cm³/mol. The number of Topliss-reactive ketones (excluding diaryl/α,β-unsaturated/α-hetero) is 7. The molecule has 0 spiro atoms. The van der Waals surface area contributed by atoms with Gasteiger partial charge in [0.05, 0.1) is 271 Å². The van der Waals surface area contributed by atoms with Gasteiger partial charge in [-0.1, -0.05) is 29.7 Å². The number of ketones is 7. The van der Waals surface area contributed by atoms with Crippen LogP contribution in [0.4, 0.5) is 0 Å². The fraction of sp³-hybridized carbons (Fsp3) is 0.854. The molecule has 0 aliphatic rings. The number of carboxylic acids is 4. The fourth-order valence-corrected chi connectivity index (χ4v) is 10.1. The van der Waals surface area contributed by atoms with Crippen LogP contribution in [0.1, 0.15) is 142 Å². The van der Waals surface area contributed by atoms with Crippen LogP contribution in [0.5, 0.6) is 0 Å². The van der Waals surface area contributed by atoms with Gasteiger partial charge in [-0.25, -0.2) is 17.9 Å². The molecule has 0 heterocycles. The van der Waals surface area contributed by atoms with Crippen molar-refractivity contribution in [2.45, 2.75) is 167 Å². The largest absolute Gasteiger partial charge is 0.480 e. The number of ether oxygens (including phenoxy) is 22. The minimum atomic E-state index is -3.32. The second kappa shape index (κ2) is 131. The zero-order valence-electron chi connectivity index (χ0n) is 88.4. The van der Waals surface area contributed by atoms with Gasteiger partial charge in [-0.2, -0.15) is 0 Å². The van der Waals surface area contributed by atoms with E-state index in [1.807, 2.05) is 25.9 Å². The Morgan fingerprint density at radius 3 is 0.584 bits per heavy atom. The quantitative estimate of drug-likeness (QED) is 0.0353. The molecule has 0 radical (unpaired) electrons. The van der Waals surface area contributed by atoms with Crippen LogP contribution in [0.2, 0.25) is 0 Å². The molecular weight excluding hydrogens is 2000 g/mol. The Labute approximate surface area is 886 Å². The zero-order chi connectivity index (χ0) is 110.